The van der Waals surface area contributed by atoms with Gasteiger partial charge in [0, 0.05) is 38.7 Å². The summed E-state index contributed by atoms with van der Waals surface area (Å²) in [5.74, 6) is 0. The van der Waals surface area contributed by atoms with Gasteiger partial charge in [-0.15, -0.1) is 0 Å². The molecule has 0 unspecified atom stereocenters. The van der Waals surface area contributed by atoms with Gasteiger partial charge in [-0.2, -0.15) is 0 Å². The fourth-order valence-corrected chi connectivity index (χ4v) is 11.1. The van der Waals surface area contributed by atoms with Crippen molar-refractivity contribution in [2.45, 2.75) is 77.0 Å². The van der Waals surface area contributed by atoms with Gasteiger partial charge in [0.25, 0.3) is 0 Å². The van der Waals surface area contributed by atoms with Crippen LogP contribution in [-0.2, 0) is 21.7 Å². The van der Waals surface area contributed by atoms with Gasteiger partial charge < -0.3 is 4.90 Å². The number of anilines is 3. The van der Waals surface area contributed by atoms with E-state index in [0.29, 0.717) is 0 Å². The molecule has 0 spiro atoms. The lowest BCUT2D eigenvalue weighted by molar-refractivity contribution is 0.649. The van der Waals surface area contributed by atoms with E-state index in [-0.39, 0.29) is 21.7 Å². The predicted molar refractivity (Wildman–Crippen MR) is 231 cm³/mol. The van der Waals surface area contributed by atoms with Crippen molar-refractivity contribution in [3.8, 4) is 44.5 Å². The maximum absolute atomic E-state index is 2.56. The minimum absolute atomic E-state index is 0.0281. The smallest absolute Gasteiger partial charge is 0.0465 e. The summed E-state index contributed by atoms with van der Waals surface area (Å²) in [5, 5.41) is 0. The van der Waals surface area contributed by atoms with Gasteiger partial charge in [0.05, 0.1) is 0 Å². The maximum Gasteiger partial charge on any atom is 0.0465 e. The van der Waals surface area contributed by atoms with Crippen molar-refractivity contribution in [3.05, 3.63) is 184 Å². The molecule has 0 aliphatic heterocycles. The highest BCUT2D eigenvalue weighted by molar-refractivity contribution is 5.94. The van der Waals surface area contributed by atoms with E-state index in [9.17, 15) is 0 Å². The van der Waals surface area contributed by atoms with Crippen LogP contribution in [0.15, 0.2) is 140 Å². The van der Waals surface area contributed by atoms with Gasteiger partial charge in [-0.1, -0.05) is 134 Å². The number of hydrogen-bond acceptors (Lipinski definition) is 1. The fourth-order valence-electron chi connectivity index (χ4n) is 11.1. The van der Waals surface area contributed by atoms with Crippen molar-refractivity contribution >= 4 is 17.1 Å². The van der Waals surface area contributed by atoms with Crippen molar-refractivity contribution in [1.82, 2.24) is 0 Å². The first-order valence-corrected chi connectivity index (χ1v) is 20.0. The molecule has 0 radical (unpaired) electrons. The van der Waals surface area contributed by atoms with Gasteiger partial charge in [0.2, 0.25) is 0 Å². The molecule has 0 heterocycles. The van der Waals surface area contributed by atoms with Gasteiger partial charge in [-0.05, 0) is 150 Å². The molecule has 7 aromatic rings. The molecular formula is C54H47N. The molecule has 11 rings (SSSR count). The third kappa shape index (κ3) is 4.14. The lowest BCUT2D eigenvalue weighted by Gasteiger charge is -2.29. The quantitative estimate of drug-likeness (QED) is 0.177. The number of rotatable bonds is 3. The molecule has 0 fully saturated rings. The highest BCUT2D eigenvalue weighted by Gasteiger charge is 2.45. The van der Waals surface area contributed by atoms with E-state index in [4.69, 9.17) is 0 Å². The van der Waals surface area contributed by atoms with Crippen LogP contribution in [0.2, 0.25) is 0 Å². The van der Waals surface area contributed by atoms with Crippen LogP contribution in [0.1, 0.15) is 99.9 Å². The summed E-state index contributed by atoms with van der Waals surface area (Å²) in [4.78, 5) is 2.46. The SMILES string of the molecule is CC1(C)c2ccccc2-c2ccc(N(c3ccccc3)c3ccc4c(c3)C(C)(C)c3cc5c(cc3-4)C(C)(C)c3cc4c(cc3-5)C(C)(C)c3ccccc3-4)cc21. The van der Waals surface area contributed by atoms with E-state index in [1.165, 1.54) is 106 Å². The van der Waals surface area contributed by atoms with Crippen molar-refractivity contribution in [2.75, 3.05) is 4.90 Å². The van der Waals surface area contributed by atoms with Crippen LogP contribution in [0, 0.1) is 0 Å². The lowest BCUT2D eigenvalue weighted by atomic mass is 9.78. The maximum atomic E-state index is 2.56. The summed E-state index contributed by atoms with van der Waals surface area (Å²) >= 11 is 0. The summed E-state index contributed by atoms with van der Waals surface area (Å²) in [6.45, 7) is 19.3. The zero-order valence-corrected chi connectivity index (χ0v) is 33.2. The summed E-state index contributed by atoms with van der Waals surface area (Å²) in [5.41, 5.74) is 25.6. The van der Waals surface area contributed by atoms with Crippen LogP contribution in [0.4, 0.5) is 17.1 Å². The monoisotopic (exact) mass is 709 g/mol. The summed E-state index contributed by atoms with van der Waals surface area (Å²) in [6, 6.07) is 53.4. The van der Waals surface area contributed by atoms with Crippen molar-refractivity contribution in [1.29, 1.82) is 0 Å². The number of para-hydroxylation sites is 1. The molecule has 0 atom stereocenters. The highest BCUT2D eigenvalue weighted by Crippen LogP contribution is 2.60. The minimum atomic E-state index is -0.168. The zero-order chi connectivity index (χ0) is 37.8. The molecule has 0 N–H and O–H groups in total. The molecule has 0 aromatic heterocycles. The standard InChI is InChI=1S/C54H47N/c1-51(2)43-20-14-12-18-35(43)37-24-22-33(26-45(37)51)55(32-16-10-9-11-17-32)34-23-25-38-40-29-50-42(31-48(40)53(5,6)46(38)27-34)41-30-47-39(28-49(41)54(50,7)8)36-19-13-15-21-44(36)52(47,3)4/h9-31H,1-8H3. The molecule has 4 aliphatic rings. The molecule has 0 saturated carbocycles. The third-order valence-electron chi connectivity index (χ3n) is 14.3. The second kappa shape index (κ2) is 10.5. The minimum Gasteiger partial charge on any atom is -0.310 e. The molecule has 0 bridgehead atoms. The summed E-state index contributed by atoms with van der Waals surface area (Å²) in [7, 11) is 0. The second-order valence-corrected chi connectivity index (χ2v) is 18.6. The highest BCUT2D eigenvalue weighted by atomic mass is 15.1. The Bertz CT molecular complexity index is 2810. The number of nitrogens with zero attached hydrogens (tertiary/aromatic N) is 1. The predicted octanol–water partition coefficient (Wildman–Crippen LogP) is 14.4. The molecular weight excluding hydrogens is 663 g/mol. The molecule has 1 nitrogen and oxygen atoms in total. The first kappa shape index (κ1) is 32.7. The molecule has 0 amide bonds. The van der Waals surface area contributed by atoms with Gasteiger partial charge in [-0.25, -0.2) is 0 Å². The molecule has 0 saturated heterocycles. The molecule has 55 heavy (non-hydrogen) atoms. The van der Waals surface area contributed by atoms with E-state index in [0.717, 1.165) is 0 Å². The molecule has 1 heteroatoms. The van der Waals surface area contributed by atoms with E-state index in [2.05, 4.69) is 200 Å². The Hall–Kier alpha value is -5.66. The van der Waals surface area contributed by atoms with Crippen molar-refractivity contribution in [2.24, 2.45) is 0 Å². The van der Waals surface area contributed by atoms with Crippen LogP contribution in [-0.4, -0.2) is 0 Å². The normalized spacial score (nSPS) is 17.3. The van der Waals surface area contributed by atoms with Gasteiger partial charge in [0.1, 0.15) is 0 Å². The van der Waals surface area contributed by atoms with Gasteiger partial charge in [-0.3, -0.25) is 0 Å². The molecule has 4 aliphatic carbocycles. The first-order chi connectivity index (χ1) is 26.3. The van der Waals surface area contributed by atoms with Crippen LogP contribution in [0.5, 0.6) is 0 Å². The van der Waals surface area contributed by atoms with Crippen molar-refractivity contribution in [3.63, 3.8) is 0 Å². The first-order valence-electron chi connectivity index (χ1n) is 20.0. The van der Waals surface area contributed by atoms with E-state index >= 15 is 0 Å². The van der Waals surface area contributed by atoms with Crippen LogP contribution in [0.25, 0.3) is 44.5 Å². The van der Waals surface area contributed by atoms with E-state index in [1.54, 1.807) is 0 Å². The second-order valence-electron chi connectivity index (χ2n) is 18.6. The Kier molecular flexibility index (Phi) is 6.28. The van der Waals surface area contributed by atoms with Gasteiger partial charge >= 0.3 is 0 Å². The van der Waals surface area contributed by atoms with Crippen LogP contribution >= 0.6 is 0 Å². The average Bonchev–Trinajstić information content (AvgIpc) is 3.74. The third-order valence-corrected chi connectivity index (χ3v) is 14.3. The Morgan fingerprint density at radius 2 is 0.564 bits per heavy atom. The van der Waals surface area contributed by atoms with Crippen molar-refractivity contribution < 1.29 is 0 Å². The number of fused-ring (bicyclic) bond motifs is 12. The van der Waals surface area contributed by atoms with Gasteiger partial charge in [0.15, 0.2) is 0 Å². The Labute approximate surface area is 326 Å². The Balaban J connectivity index is 1.04. The lowest BCUT2D eigenvalue weighted by Crippen LogP contribution is -2.18. The van der Waals surface area contributed by atoms with Crippen LogP contribution < -0.4 is 4.90 Å². The largest absolute Gasteiger partial charge is 0.310 e. The fraction of sp³-hybridized carbons (Fsp3) is 0.222. The molecule has 7 aromatic carbocycles. The Morgan fingerprint density at radius 3 is 1.02 bits per heavy atom. The number of benzene rings is 7. The molecule has 268 valence electrons. The summed E-state index contributed by atoms with van der Waals surface area (Å²) < 4.78 is 0. The van der Waals surface area contributed by atoms with E-state index in [1.807, 2.05) is 0 Å². The topological polar surface area (TPSA) is 3.24 Å². The average molecular weight is 710 g/mol. The summed E-state index contributed by atoms with van der Waals surface area (Å²) in [6.07, 6.45) is 0. The van der Waals surface area contributed by atoms with Crippen LogP contribution in [0.3, 0.4) is 0 Å². The van der Waals surface area contributed by atoms with E-state index < -0.39 is 0 Å². The number of hydrogen-bond donors (Lipinski definition) is 0. The Morgan fingerprint density at radius 1 is 0.255 bits per heavy atom. The zero-order valence-electron chi connectivity index (χ0n) is 33.2.